The summed E-state index contributed by atoms with van der Waals surface area (Å²) in [6.07, 6.45) is 0. The standard InChI is InChI=1S/C25H29N3O6S/c1-18(25(29)30)26-35(31,32)28-13-11-27(12-14-28)22-6-9-23(10-7-22)34-17-19-3-4-21-16-24(33-2)8-5-20(21)15-19/h3-10,15-16,18,26H,11-14,17H2,1-2H3,(H,29,30)/t18-/m0/s1. The van der Waals surface area contributed by atoms with Crippen LogP contribution < -0.4 is 19.1 Å². The maximum absolute atomic E-state index is 12.4. The van der Waals surface area contributed by atoms with Crippen molar-refractivity contribution in [1.29, 1.82) is 0 Å². The Kier molecular flexibility index (Phi) is 7.44. The number of carbonyl (C=O) groups is 1. The summed E-state index contributed by atoms with van der Waals surface area (Å²) in [5.74, 6) is 0.363. The molecule has 1 heterocycles. The molecule has 9 nitrogen and oxygen atoms in total. The first-order valence-corrected chi connectivity index (χ1v) is 12.7. The quantitative estimate of drug-likeness (QED) is 0.466. The zero-order valence-electron chi connectivity index (χ0n) is 19.7. The minimum atomic E-state index is -3.84. The number of benzene rings is 3. The van der Waals surface area contributed by atoms with Gasteiger partial charge in [-0.05, 0) is 65.7 Å². The van der Waals surface area contributed by atoms with E-state index in [-0.39, 0.29) is 13.1 Å². The molecule has 1 saturated heterocycles. The normalized spacial score (nSPS) is 15.7. The van der Waals surface area contributed by atoms with Crippen LogP contribution in [0, 0.1) is 0 Å². The van der Waals surface area contributed by atoms with Crippen molar-refractivity contribution in [3.05, 3.63) is 66.2 Å². The third-order valence-electron chi connectivity index (χ3n) is 5.99. The molecule has 2 N–H and O–H groups in total. The fraction of sp³-hybridized carbons (Fsp3) is 0.320. The number of hydrogen-bond donors (Lipinski definition) is 2. The molecule has 0 unspecified atom stereocenters. The van der Waals surface area contributed by atoms with Crippen molar-refractivity contribution in [2.24, 2.45) is 0 Å². The zero-order chi connectivity index (χ0) is 25.0. The number of methoxy groups -OCH3 is 1. The van der Waals surface area contributed by atoms with Gasteiger partial charge < -0.3 is 19.5 Å². The molecule has 0 radical (unpaired) electrons. The zero-order valence-corrected chi connectivity index (χ0v) is 20.5. The van der Waals surface area contributed by atoms with E-state index in [1.807, 2.05) is 48.5 Å². The highest BCUT2D eigenvalue weighted by Crippen LogP contribution is 2.24. The molecule has 186 valence electrons. The summed E-state index contributed by atoms with van der Waals surface area (Å²) in [6.45, 7) is 3.30. The van der Waals surface area contributed by atoms with Crippen LogP contribution in [-0.2, 0) is 21.6 Å². The molecule has 0 saturated carbocycles. The second kappa shape index (κ2) is 10.5. The number of nitrogens with one attached hydrogen (secondary N) is 1. The Morgan fingerprint density at radius 3 is 2.26 bits per heavy atom. The molecular formula is C25H29N3O6S. The molecule has 4 rings (SSSR count). The molecule has 1 atom stereocenters. The smallest absolute Gasteiger partial charge is 0.321 e. The van der Waals surface area contributed by atoms with Gasteiger partial charge >= 0.3 is 5.97 Å². The third kappa shape index (κ3) is 6.02. The lowest BCUT2D eigenvalue weighted by atomic mass is 10.1. The first kappa shape index (κ1) is 24.8. The first-order valence-electron chi connectivity index (χ1n) is 11.3. The van der Waals surface area contributed by atoms with E-state index in [1.165, 1.54) is 11.2 Å². The molecule has 0 spiro atoms. The van der Waals surface area contributed by atoms with E-state index in [4.69, 9.17) is 14.6 Å². The lowest BCUT2D eigenvalue weighted by molar-refractivity contribution is -0.138. The highest BCUT2D eigenvalue weighted by atomic mass is 32.2. The number of carboxylic acids is 1. The van der Waals surface area contributed by atoms with Gasteiger partial charge in [0.25, 0.3) is 10.2 Å². The largest absolute Gasteiger partial charge is 0.497 e. The van der Waals surface area contributed by atoms with Gasteiger partial charge in [0.05, 0.1) is 7.11 Å². The number of fused-ring (bicyclic) bond motifs is 1. The average Bonchev–Trinajstić information content (AvgIpc) is 2.87. The maximum atomic E-state index is 12.4. The van der Waals surface area contributed by atoms with Crippen LogP contribution in [0.3, 0.4) is 0 Å². The molecule has 0 bridgehead atoms. The molecule has 35 heavy (non-hydrogen) atoms. The molecule has 3 aromatic carbocycles. The molecule has 0 aliphatic carbocycles. The van der Waals surface area contributed by atoms with Gasteiger partial charge in [0.2, 0.25) is 0 Å². The number of anilines is 1. The summed E-state index contributed by atoms with van der Waals surface area (Å²) in [4.78, 5) is 13.0. The number of rotatable bonds is 9. The number of ether oxygens (including phenoxy) is 2. The monoisotopic (exact) mass is 499 g/mol. The van der Waals surface area contributed by atoms with Crippen LogP contribution in [0.25, 0.3) is 10.8 Å². The van der Waals surface area contributed by atoms with Gasteiger partial charge in [-0.1, -0.05) is 18.2 Å². The minimum Gasteiger partial charge on any atom is -0.497 e. The predicted octanol–water partition coefficient (Wildman–Crippen LogP) is 2.86. The summed E-state index contributed by atoms with van der Waals surface area (Å²) in [6, 6.07) is 18.7. The van der Waals surface area contributed by atoms with Gasteiger partial charge in [0, 0.05) is 31.9 Å². The van der Waals surface area contributed by atoms with E-state index in [0.717, 1.165) is 33.5 Å². The number of nitrogens with zero attached hydrogens (tertiary/aromatic N) is 2. The molecule has 10 heteroatoms. The van der Waals surface area contributed by atoms with Crippen LogP contribution in [-0.4, -0.2) is 63.1 Å². The fourth-order valence-corrected chi connectivity index (χ4v) is 5.29. The van der Waals surface area contributed by atoms with Gasteiger partial charge in [-0.2, -0.15) is 17.4 Å². The molecule has 1 fully saturated rings. The van der Waals surface area contributed by atoms with Crippen LogP contribution in [0.1, 0.15) is 12.5 Å². The summed E-state index contributed by atoms with van der Waals surface area (Å²) in [5, 5.41) is 11.2. The number of carboxylic acid groups (broad SMARTS) is 1. The number of hydrogen-bond acceptors (Lipinski definition) is 6. The van der Waals surface area contributed by atoms with Crippen LogP contribution in [0.4, 0.5) is 5.69 Å². The summed E-state index contributed by atoms with van der Waals surface area (Å²) >= 11 is 0. The van der Waals surface area contributed by atoms with Crippen molar-refractivity contribution in [1.82, 2.24) is 9.03 Å². The van der Waals surface area contributed by atoms with Gasteiger partial charge in [0.1, 0.15) is 24.1 Å². The molecule has 1 aliphatic heterocycles. The summed E-state index contributed by atoms with van der Waals surface area (Å²) in [5.41, 5.74) is 2.04. The van der Waals surface area contributed by atoms with Crippen LogP contribution in [0.15, 0.2) is 60.7 Å². The summed E-state index contributed by atoms with van der Waals surface area (Å²) in [7, 11) is -2.19. The highest BCUT2D eigenvalue weighted by molar-refractivity contribution is 7.87. The fourth-order valence-electron chi connectivity index (χ4n) is 3.94. The summed E-state index contributed by atoms with van der Waals surface area (Å²) < 4.78 is 39.5. The lowest BCUT2D eigenvalue weighted by Crippen LogP contribution is -2.54. The second-order valence-corrected chi connectivity index (χ2v) is 10.1. The van der Waals surface area contributed by atoms with Gasteiger partial charge in [0.15, 0.2) is 0 Å². The van der Waals surface area contributed by atoms with E-state index in [1.54, 1.807) is 7.11 Å². The minimum absolute atomic E-state index is 0.272. The van der Waals surface area contributed by atoms with Crippen LogP contribution in [0.5, 0.6) is 11.5 Å². The van der Waals surface area contributed by atoms with E-state index in [0.29, 0.717) is 19.7 Å². The Hall–Kier alpha value is -3.34. The number of aliphatic carboxylic acids is 1. The Balaban J connectivity index is 1.31. The van der Waals surface area contributed by atoms with Crippen molar-refractivity contribution >= 4 is 32.6 Å². The van der Waals surface area contributed by atoms with E-state index in [9.17, 15) is 13.2 Å². The lowest BCUT2D eigenvalue weighted by Gasteiger charge is -2.35. The molecule has 1 aliphatic rings. The van der Waals surface area contributed by atoms with Crippen molar-refractivity contribution in [3.8, 4) is 11.5 Å². The predicted molar refractivity (Wildman–Crippen MR) is 134 cm³/mol. The third-order valence-corrected chi connectivity index (χ3v) is 7.69. The second-order valence-electron chi connectivity index (χ2n) is 8.40. The van der Waals surface area contributed by atoms with Gasteiger partial charge in [-0.25, -0.2) is 0 Å². The van der Waals surface area contributed by atoms with E-state index >= 15 is 0 Å². The van der Waals surface area contributed by atoms with E-state index < -0.39 is 22.2 Å². The Morgan fingerprint density at radius 2 is 1.60 bits per heavy atom. The highest BCUT2D eigenvalue weighted by Gasteiger charge is 2.29. The Bertz CT molecular complexity index is 1290. The molecule has 0 aromatic heterocycles. The van der Waals surface area contributed by atoms with Crippen molar-refractivity contribution in [2.45, 2.75) is 19.6 Å². The van der Waals surface area contributed by atoms with Gasteiger partial charge in [-0.3, -0.25) is 4.79 Å². The maximum Gasteiger partial charge on any atom is 0.321 e. The first-order chi connectivity index (χ1) is 16.7. The van der Waals surface area contributed by atoms with Crippen molar-refractivity contribution < 1.29 is 27.8 Å². The Morgan fingerprint density at radius 1 is 0.971 bits per heavy atom. The van der Waals surface area contributed by atoms with Crippen molar-refractivity contribution in [3.63, 3.8) is 0 Å². The SMILES string of the molecule is COc1ccc2cc(COc3ccc(N4CCN(S(=O)(=O)N[C@@H](C)C(=O)O)CC4)cc3)ccc2c1. The Labute approximate surface area is 205 Å². The number of piperazine rings is 1. The van der Waals surface area contributed by atoms with Crippen molar-refractivity contribution in [2.75, 3.05) is 38.2 Å². The molecular weight excluding hydrogens is 470 g/mol. The molecule has 3 aromatic rings. The van der Waals surface area contributed by atoms with Gasteiger partial charge in [-0.15, -0.1) is 0 Å². The average molecular weight is 500 g/mol. The van der Waals surface area contributed by atoms with Crippen LogP contribution >= 0.6 is 0 Å². The van der Waals surface area contributed by atoms with E-state index in [2.05, 4.69) is 21.8 Å². The topological polar surface area (TPSA) is 108 Å². The van der Waals surface area contributed by atoms with Crippen LogP contribution in [0.2, 0.25) is 0 Å². The molecule has 0 amide bonds.